The van der Waals surface area contributed by atoms with E-state index in [1.807, 2.05) is 0 Å². The molecular formula is C64H115N5O7. The maximum atomic E-state index is 13.7. The summed E-state index contributed by atoms with van der Waals surface area (Å²) in [6, 6.07) is 0. The van der Waals surface area contributed by atoms with Crippen LogP contribution in [0.2, 0.25) is 0 Å². The second-order valence-corrected chi connectivity index (χ2v) is 22.8. The lowest BCUT2D eigenvalue weighted by atomic mass is 10.0. The number of fused-ring (bicyclic) bond motifs is 1. The molecule has 0 saturated carbocycles. The van der Waals surface area contributed by atoms with E-state index in [9.17, 15) is 14.4 Å². The molecule has 76 heavy (non-hydrogen) atoms. The van der Waals surface area contributed by atoms with E-state index in [2.05, 4.69) is 35.7 Å². The first kappa shape index (κ1) is 67.0. The average molecular weight is 1070 g/mol. The molecule has 1 saturated heterocycles. The summed E-state index contributed by atoms with van der Waals surface area (Å²) in [6.07, 6.45) is 55.7. The van der Waals surface area contributed by atoms with Crippen LogP contribution >= 0.6 is 0 Å². The van der Waals surface area contributed by atoms with Crippen molar-refractivity contribution in [1.29, 1.82) is 0 Å². The molecule has 2 aromatic rings. The van der Waals surface area contributed by atoms with Crippen molar-refractivity contribution in [2.24, 2.45) is 0 Å². The van der Waals surface area contributed by atoms with Gasteiger partial charge in [-0.15, -0.1) is 0 Å². The monoisotopic (exact) mass is 1070 g/mol. The van der Waals surface area contributed by atoms with Gasteiger partial charge in [-0.25, -0.2) is 15.0 Å². The minimum atomic E-state index is -1.04. The Hall–Kier alpha value is -3.28. The summed E-state index contributed by atoms with van der Waals surface area (Å²) >= 11 is 0. The predicted octanol–water partition coefficient (Wildman–Crippen LogP) is 18.5. The molecule has 4 atom stereocenters. The van der Waals surface area contributed by atoms with Crippen molar-refractivity contribution < 1.29 is 33.3 Å². The number of carbonyl (C=O) groups excluding carboxylic acids is 3. The summed E-state index contributed by atoms with van der Waals surface area (Å²) in [7, 11) is 0. The Kier molecular flexibility index (Phi) is 41.1. The fourth-order valence-electron chi connectivity index (χ4n) is 11.0. The summed E-state index contributed by atoms with van der Waals surface area (Å²) in [5.41, 5.74) is 6.98. The Morgan fingerprint density at radius 2 is 0.750 bits per heavy atom. The van der Waals surface area contributed by atoms with Gasteiger partial charge in [-0.3, -0.25) is 19.0 Å². The zero-order valence-electron chi connectivity index (χ0n) is 49.3. The molecule has 0 amide bonds. The van der Waals surface area contributed by atoms with Gasteiger partial charge in [0.25, 0.3) is 0 Å². The molecule has 3 rings (SSSR count). The predicted molar refractivity (Wildman–Crippen MR) is 313 cm³/mol. The van der Waals surface area contributed by atoms with Gasteiger partial charge in [-0.05, 0) is 19.3 Å². The zero-order valence-corrected chi connectivity index (χ0v) is 49.3. The SMILES string of the molecule is CCCCCCCCCCCCCCCCCC(=O)OC[C@H]1O[C@@H](n2cnc3c(N)ncnc32)[C@H](OC(=O)CCCCCCCCCCCCCCCCC)[C@@H]1OC(=O)CCCCCCCCCCCCCCCCC. The molecule has 1 fully saturated rings. The summed E-state index contributed by atoms with van der Waals surface area (Å²) in [4.78, 5) is 53.7. The van der Waals surface area contributed by atoms with Crippen LogP contribution in [0.25, 0.3) is 11.2 Å². The van der Waals surface area contributed by atoms with Crippen LogP contribution in [0.5, 0.6) is 0 Å². The van der Waals surface area contributed by atoms with E-state index in [1.165, 1.54) is 244 Å². The number of aromatic nitrogens is 4. The highest BCUT2D eigenvalue weighted by Crippen LogP contribution is 2.37. The van der Waals surface area contributed by atoms with Gasteiger partial charge in [-0.1, -0.05) is 290 Å². The normalized spacial score (nSPS) is 16.5. The van der Waals surface area contributed by atoms with Crippen molar-refractivity contribution in [2.75, 3.05) is 12.3 Å². The number of esters is 3. The summed E-state index contributed by atoms with van der Waals surface area (Å²) < 4.78 is 26.7. The van der Waals surface area contributed by atoms with E-state index in [0.717, 1.165) is 44.9 Å². The van der Waals surface area contributed by atoms with Crippen molar-refractivity contribution in [3.05, 3.63) is 12.7 Å². The molecule has 0 radical (unpaired) electrons. The van der Waals surface area contributed by atoms with Gasteiger partial charge in [0.2, 0.25) is 0 Å². The number of unbranched alkanes of at least 4 members (excludes halogenated alkanes) is 42. The molecule has 0 aromatic carbocycles. The fourth-order valence-corrected chi connectivity index (χ4v) is 11.0. The molecule has 0 aliphatic carbocycles. The summed E-state index contributed by atoms with van der Waals surface area (Å²) in [5, 5.41) is 0. The highest BCUT2D eigenvalue weighted by Gasteiger charge is 2.51. The largest absolute Gasteiger partial charge is 0.463 e. The van der Waals surface area contributed by atoms with E-state index in [1.54, 1.807) is 4.57 Å². The van der Waals surface area contributed by atoms with Crippen LogP contribution in [0, 0.1) is 0 Å². The number of ether oxygens (including phenoxy) is 4. The third-order valence-electron chi connectivity index (χ3n) is 15.8. The number of rotatable bonds is 53. The van der Waals surface area contributed by atoms with Crippen molar-refractivity contribution in [2.45, 2.75) is 354 Å². The lowest BCUT2D eigenvalue weighted by molar-refractivity contribution is -0.169. The number of anilines is 1. The van der Waals surface area contributed by atoms with E-state index in [-0.39, 0.29) is 43.2 Å². The molecule has 0 bridgehead atoms. The fraction of sp³-hybridized carbons (Fsp3) is 0.875. The number of nitrogen functional groups attached to an aromatic ring is 1. The Balaban J connectivity index is 1.52. The molecule has 0 spiro atoms. The van der Waals surface area contributed by atoms with Gasteiger partial charge < -0.3 is 24.7 Å². The molecule has 3 heterocycles. The lowest BCUT2D eigenvalue weighted by Crippen LogP contribution is -2.41. The van der Waals surface area contributed by atoms with E-state index in [4.69, 9.17) is 24.7 Å². The first-order valence-electron chi connectivity index (χ1n) is 32.5. The second-order valence-electron chi connectivity index (χ2n) is 22.8. The van der Waals surface area contributed by atoms with Crippen molar-refractivity contribution in [3.63, 3.8) is 0 Å². The van der Waals surface area contributed by atoms with Crippen LogP contribution in [0.1, 0.15) is 335 Å². The average Bonchev–Trinajstić information content (AvgIpc) is 4.02. The molecule has 1 aliphatic rings. The first-order chi connectivity index (χ1) is 37.4. The van der Waals surface area contributed by atoms with Gasteiger partial charge in [-0.2, -0.15) is 0 Å². The summed E-state index contributed by atoms with van der Waals surface area (Å²) in [5.74, 6) is -0.885. The number of carbonyl (C=O) groups is 3. The molecule has 1 aliphatic heterocycles. The maximum absolute atomic E-state index is 13.7. The number of hydrogen-bond acceptors (Lipinski definition) is 11. The molecule has 2 aromatic heterocycles. The van der Waals surface area contributed by atoms with Crippen molar-refractivity contribution in [1.82, 2.24) is 19.5 Å². The Labute approximate surface area is 464 Å². The number of nitrogens with two attached hydrogens (primary N) is 1. The third-order valence-corrected chi connectivity index (χ3v) is 15.8. The van der Waals surface area contributed by atoms with Crippen LogP contribution in [0.15, 0.2) is 12.7 Å². The molecule has 12 nitrogen and oxygen atoms in total. The highest BCUT2D eigenvalue weighted by molar-refractivity contribution is 5.81. The van der Waals surface area contributed by atoms with Gasteiger partial charge in [0.1, 0.15) is 24.6 Å². The number of nitrogens with zero attached hydrogens (tertiary/aromatic N) is 4. The van der Waals surface area contributed by atoms with Crippen LogP contribution < -0.4 is 5.73 Å². The minimum absolute atomic E-state index is 0.151. The number of hydrogen-bond donors (Lipinski definition) is 1. The van der Waals surface area contributed by atoms with Gasteiger partial charge in [0.15, 0.2) is 29.9 Å². The smallest absolute Gasteiger partial charge is 0.306 e. The van der Waals surface area contributed by atoms with Crippen LogP contribution in [0.4, 0.5) is 5.82 Å². The maximum Gasteiger partial charge on any atom is 0.306 e. The van der Waals surface area contributed by atoms with Crippen LogP contribution in [-0.4, -0.2) is 62.3 Å². The van der Waals surface area contributed by atoms with Gasteiger partial charge in [0.05, 0.1) is 6.33 Å². The second kappa shape index (κ2) is 46.6. The van der Waals surface area contributed by atoms with Gasteiger partial charge >= 0.3 is 17.9 Å². The topological polar surface area (TPSA) is 158 Å². The molecular weight excluding hydrogens is 951 g/mol. The summed E-state index contributed by atoms with van der Waals surface area (Å²) in [6.45, 7) is 6.66. The molecule has 2 N–H and O–H groups in total. The standard InChI is InChI=1S/C64H115N5O7/c1-4-7-10-13-16-19-22-25-28-31-34-37-40-43-46-49-56(70)73-52-55-60(75-57(71)50-47-44-41-38-35-32-29-26-23-20-17-14-11-8-5-2)61(64(74-55)69-54-68-59-62(65)66-53-67-63(59)69)76-58(72)51-48-45-42-39-36-33-30-27-24-21-18-15-12-9-6-3/h53-55,60-61,64H,4-52H2,1-3H3,(H2,65,66,67)/t55-,60-,61-,64-/m1/s1. The minimum Gasteiger partial charge on any atom is -0.463 e. The molecule has 12 heteroatoms. The zero-order chi connectivity index (χ0) is 54.4. The quantitative estimate of drug-likeness (QED) is 0.0382. The first-order valence-corrected chi connectivity index (χ1v) is 32.5. The van der Waals surface area contributed by atoms with E-state index >= 15 is 0 Å². The van der Waals surface area contributed by atoms with Gasteiger partial charge in [0, 0.05) is 19.3 Å². The molecule has 438 valence electrons. The highest BCUT2D eigenvalue weighted by atomic mass is 16.7. The Morgan fingerprint density at radius 1 is 0.434 bits per heavy atom. The van der Waals surface area contributed by atoms with Crippen LogP contribution in [-0.2, 0) is 33.3 Å². The van der Waals surface area contributed by atoms with Crippen LogP contribution in [0.3, 0.4) is 0 Å². The third kappa shape index (κ3) is 32.0. The number of imidazole rings is 1. The lowest BCUT2D eigenvalue weighted by Gasteiger charge is -2.25. The van der Waals surface area contributed by atoms with Crippen molar-refractivity contribution in [3.8, 4) is 0 Å². The van der Waals surface area contributed by atoms with E-state index in [0.29, 0.717) is 30.4 Å². The Bertz CT molecular complexity index is 1710. The van der Waals surface area contributed by atoms with Crippen molar-refractivity contribution >= 4 is 34.9 Å². The molecule has 0 unspecified atom stereocenters. The van der Waals surface area contributed by atoms with E-state index < -0.39 is 24.5 Å². The Morgan fingerprint density at radius 3 is 1.11 bits per heavy atom.